The summed E-state index contributed by atoms with van der Waals surface area (Å²) >= 11 is 0. The molecule has 0 N–H and O–H groups in total. The van der Waals surface area contributed by atoms with Crippen molar-refractivity contribution in [2.24, 2.45) is 0 Å². The van der Waals surface area contributed by atoms with Gasteiger partial charge >= 0.3 is 5.97 Å². The molecular weight excluding hydrogens is 581 g/mol. The maximum Gasteiger partial charge on any atom is 0.305 e. The van der Waals surface area contributed by atoms with E-state index >= 15 is 0 Å². The lowest BCUT2D eigenvalue weighted by atomic mass is 9.99. The van der Waals surface area contributed by atoms with Gasteiger partial charge in [-0.25, -0.2) is 0 Å². The molecular formula is C32H68O7Si3. The molecule has 1 heterocycles. The molecule has 1 saturated heterocycles. The number of esters is 1. The molecule has 10 heteroatoms. The minimum Gasteiger partial charge on any atom is -0.463 e. The van der Waals surface area contributed by atoms with Crippen LogP contribution in [0.1, 0.15) is 96.8 Å². The van der Waals surface area contributed by atoms with Gasteiger partial charge in [-0.2, -0.15) is 0 Å². The first-order chi connectivity index (χ1) is 19.6. The van der Waals surface area contributed by atoms with E-state index in [0.717, 1.165) is 12.8 Å². The number of rotatable bonds is 23. The van der Waals surface area contributed by atoms with E-state index in [0.29, 0.717) is 6.42 Å². The number of hydrogen-bond donors (Lipinski definition) is 0. The van der Waals surface area contributed by atoms with Crippen molar-refractivity contribution in [2.75, 3.05) is 13.7 Å². The van der Waals surface area contributed by atoms with Gasteiger partial charge in [-0.3, -0.25) is 4.79 Å². The number of methoxy groups -OCH3 is 1. The quantitative estimate of drug-likeness (QED) is 0.0622. The van der Waals surface area contributed by atoms with Crippen molar-refractivity contribution in [2.45, 2.75) is 186 Å². The fourth-order valence-electron chi connectivity index (χ4n) is 5.36. The summed E-state index contributed by atoms with van der Waals surface area (Å²) < 4.78 is 38.0. The summed E-state index contributed by atoms with van der Waals surface area (Å²) in [7, 11) is -4.32. The Balaban J connectivity index is 2.61. The van der Waals surface area contributed by atoms with E-state index in [2.05, 4.69) is 65.8 Å². The minimum atomic E-state index is -2.00. The zero-order valence-corrected chi connectivity index (χ0v) is 32.4. The highest BCUT2D eigenvalue weighted by Crippen LogP contribution is 2.34. The monoisotopic (exact) mass is 648 g/mol. The lowest BCUT2D eigenvalue weighted by Crippen LogP contribution is -2.66. The summed E-state index contributed by atoms with van der Waals surface area (Å²) in [6.07, 6.45) is 14.8. The van der Waals surface area contributed by atoms with E-state index in [1.54, 1.807) is 7.11 Å². The van der Waals surface area contributed by atoms with Crippen LogP contribution >= 0.6 is 0 Å². The van der Waals surface area contributed by atoms with Crippen LogP contribution < -0.4 is 0 Å². The van der Waals surface area contributed by atoms with Crippen molar-refractivity contribution in [1.29, 1.82) is 0 Å². The molecule has 0 amide bonds. The number of hydrogen-bond acceptors (Lipinski definition) is 7. The van der Waals surface area contributed by atoms with E-state index in [4.69, 9.17) is 27.5 Å². The molecule has 1 aliphatic heterocycles. The van der Waals surface area contributed by atoms with Gasteiger partial charge in [0.25, 0.3) is 0 Å². The van der Waals surface area contributed by atoms with Crippen molar-refractivity contribution < 1.29 is 32.3 Å². The molecule has 1 fully saturated rings. The summed E-state index contributed by atoms with van der Waals surface area (Å²) in [6.45, 7) is 21.9. The van der Waals surface area contributed by atoms with Crippen LogP contribution in [0, 0.1) is 0 Å². The number of ether oxygens (including phenoxy) is 3. The zero-order valence-electron chi connectivity index (χ0n) is 29.4. The van der Waals surface area contributed by atoms with Gasteiger partial charge in [0.05, 0.1) is 0 Å². The predicted octanol–water partition coefficient (Wildman–Crippen LogP) is 9.04. The van der Waals surface area contributed by atoms with Gasteiger partial charge in [0.15, 0.2) is 31.2 Å². The van der Waals surface area contributed by atoms with Gasteiger partial charge in [-0.15, -0.1) is 0 Å². The Kier molecular flexibility index (Phi) is 19.1. The third-order valence-electron chi connectivity index (χ3n) is 7.19. The lowest BCUT2D eigenvalue weighted by Gasteiger charge is -2.50. The van der Waals surface area contributed by atoms with Crippen LogP contribution in [0.5, 0.6) is 0 Å². The summed E-state index contributed by atoms with van der Waals surface area (Å²) in [6, 6.07) is 0. The number of unbranched alkanes of at least 4 members (excludes halogenated alkanes) is 12. The molecule has 0 bridgehead atoms. The first-order valence-corrected chi connectivity index (χ1v) is 27.2. The van der Waals surface area contributed by atoms with E-state index in [1.165, 1.54) is 70.6 Å². The van der Waals surface area contributed by atoms with Crippen LogP contribution in [0.15, 0.2) is 0 Å². The minimum absolute atomic E-state index is 0.123. The number of carbonyl (C=O) groups excluding carboxylic acids is 1. The SMILES string of the molecule is CCCCCCCCCCCCCCCC(=O)OC[C@H]1O[C@H](OC)[C@H](O[Si](C)(C)C)[C@@H](O[Si](C)(C)C)[C@@H]1O[Si](C)(C)C. The Labute approximate surface area is 262 Å². The highest BCUT2D eigenvalue weighted by Gasteiger charge is 2.52. The van der Waals surface area contributed by atoms with Crippen LogP contribution in [0.25, 0.3) is 0 Å². The molecule has 1 aliphatic rings. The normalized spacial score (nSPS) is 23.7. The topological polar surface area (TPSA) is 72.5 Å². The standard InChI is InChI=1S/C32H68O7Si3/c1-12-13-14-15-16-17-18-19-20-21-22-23-24-25-28(33)35-26-27-29(37-40(3,4)5)30(38-41(6,7)8)31(32(34-2)36-27)39-42(9,10)11/h27,29-32H,12-26H2,1-11H3/t27-,29-,30+,31-,32+/m1/s1. The fraction of sp³-hybridized carbons (Fsp3) is 0.969. The van der Waals surface area contributed by atoms with Crippen molar-refractivity contribution in [3.8, 4) is 0 Å². The highest BCUT2D eigenvalue weighted by molar-refractivity contribution is 6.70. The van der Waals surface area contributed by atoms with E-state index < -0.39 is 49.6 Å². The fourth-order valence-corrected chi connectivity index (χ4v) is 8.61. The Bertz CT molecular complexity index is 718. The van der Waals surface area contributed by atoms with Crippen molar-refractivity contribution >= 4 is 30.9 Å². The van der Waals surface area contributed by atoms with Crippen LogP contribution in [0.4, 0.5) is 0 Å². The molecule has 0 saturated carbocycles. The first-order valence-electron chi connectivity index (χ1n) is 16.9. The molecule has 1 rings (SSSR count). The summed E-state index contributed by atoms with van der Waals surface area (Å²) in [5.41, 5.74) is 0. The summed E-state index contributed by atoms with van der Waals surface area (Å²) in [5, 5.41) is 0. The number of carbonyl (C=O) groups is 1. The van der Waals surface area contributed by atoms with Gasteiger partial charge in [0.2, 0.25) is 0 Å². The highest BCUT2D eigenvalue weighted by atomic mass is 28.4. The van der Waals surface area contributed by atoms with Gasteiger partial charge < -0.3 is 27.5 Å². The average molecular weight is 649 g/mol. The van der Waals surface area contributed by atoms with Gasteiger partial charge in [-0.1, -0.05) is 84.0 Å². The van der Waals surface area contributed by atoms with Gasteiger partial charge in [-0.05, 0) is 65.3 Å². The Morgan fingerprint density at radius 2 is 1.00 bits per heavy atom. The summed E-state index contributed by atoms with van der Waals surface area (Å²) in [5.74, 6) is -0.175. The van der Waals surface area contributed by atoms with Crippen LogP contribution in [0.3, 0.4) is 0 Å². The zero-order chi connectivity index (χ0) is 31.8. The molecule has 5 atom stereocenters. The van der Waals surface area contributed by atoms with Crippen molar-refractivity contribution in [1.82, 2.24) is 0 Å². The average Bonchev–Trinajstić information content (AvgIpc) is 2.86. The largest absolute Gasteiger partial charge is 0.463 e. The molecule has 0 aliphatic carbocycles. The molecule has 0 radical (unpaired) electrons. The molecule has 0 aromatic heterocycles. The molecule has 7 nitrogen and oxygen atoms in total. The second kappa shape index (κ2) is 20.1. The maximum atomic E-state index is 12.7. The second-order valence-corrected chi connectivity index (χ2v) is 28.4. The maximum absolute atomic E-state index is 12.7. The van der Waals surface area contributed by atoms with Gasteiger partial charge in [0.1, 0.15) is 31.0 Å². The van der Waals surface area contributed by atoms with Crippen LogP contribution in [0.2, 0.25) is 58.9 Å². The van der Waals surface area contributed by atoms with Crippen molar-refractivity contribution in [3.05, 3.63) is 0 Å². The van der Waals surface area contributed by atoms with E-state index in [-0.39, 0.29) is 18.7 Å². The Hall–Kier alpha value is -0.0794. The second-order valence-electron chi connectivity index (χ2n) is 15.0. The molecule has 0 unspecified atom stereocenters. The van der Waals surface area contributed by atoms with Crippen molar-refractivity contribution in [3.63, 3.8) is 0 Å². The van der Waals surface area contributed by atoms with E-state index in [9.17, 15) is 4.79 Å². The molecule has 250 valence electrons. The molecule has 0 aromatic rings. The third-order valence-corrected chi connectivity index (χ3v) is 10.1. The van der Waals surface area contributed by atoms with Crippen LogP contribution in [-0.4, -0.2) is 75.3 Å². The Morgan fingerprint density at radius 1 is 0.595 bits per heavy atom. The lowest BCUT2D eigenvalue weighted by molar-refractivity contribution is -0.285. The molecule has 0 aromatic carbocycles. The van der Waals surface area contributed by atoms with Crippen LogP contribution in [-0.2, 0) is 32.3 Å². The predicted molar refractivity (Wildman–Crippen MR) is 182 cm³/mol. The smallest absolute Gasteiger partial charge is 0.305 e. The summed E-state index contributed by atoms with van der Waals surface area (Å²) in [4.78, 5) is 12.7. The Morgan fingerprint density at radius 3 is 1.43 bits per heavy atom. The molecule has 42 heavy (non-hydrogen) atoms. The van der Waals surface area contributed by atoms with E-state index in [1.807, 2.05) is 0 Å². The third kappa shape index (κ3) is 18.7. The first kappa shape index (κ1) is 39.9. The van der Waals surface area contributed by atoms with Gasteiger partial charge in [0, 0.05) is 13.5 Å². The molecule has 0 spiro atoms.